The van der Waals surface area contributed by atoms with Crippen LogP contribution in [0, 0.1) is 5.92 Å². The Labute approximate surface area is 126 Å². The zero-order valence-electron chi connectivity index (χ0n) is 11.8. The number of benzene rings is 1. The summed E-state index contributed by atoms with van der Waals surface area (Å²) in [6.45, 7) is -2.15. The zero-order chi connectivity index (χ0) is 15.5. The number of rotatable bonds is 7. The predicted molar refractivity (Wildman–Crippen MR) is 74.7 cm³/mol. The molecule has 1 aromatic heterocycles. The molecule has 0 amide bonds. The lowest BCUT2D eigenvalue weighted by Crippen LogP contribution is -2.06. The summed E-state index contributed by atoms with van der Waals surface area (Å²) in [5.74, 6) is 1.12. The van der Waals surface area contributed by atoms with E-state index >= 15 is 0 Å². The molecule has 0 bridgehead atoms. The van der Waals surface area contributed by atoms with E-state index in [9.17, 15) is 8.78 Å². The van der Waals surface area contributed by atoms with E-state index in [1.165, 1.54) is 12.3 Å². The molecule has 0 unspecified atom stereocenters. The molecule has 1 aliphatic carbocycles. The number of halogens is 2. The normalized spacial score (nSPS) is 14.4. The minimum absolute atomic E-state index is 0.00463. The fraction of sp³-hybridized carbons (Fsp3) is 0.400. The van der Waals surface area contributed by atoms with Gasteiger partial charge in [-0.05, 0) is 37.0 Å². The number of nitrogens with two attached hydrogens (primary N) is 1. The van der Waals surface area contributed by atoms with Crippen molar-refractivity contribution in [3.8, 4) is 23.0 Å². The molecule has 2 N–H and O–H groups in total. The zero-order valence-corrected chi connectivity index (χ0v) is 11.8. The molecule has 1 aromatic carbocycles. The Morgan fingerprint density at radius 3 is 2.77 bits per heavy atom. The quantitative estimate of drug-likeness (QED) is 0.850. The highest BCUT2D eigenvalue weighted by molar-refractivity contribution is 5.60. The first-order valence-corrected chi connectivity index (χ1v) is 7.02. The third kappa shape index (κ3) is 3.54. The van der Waals surface area contributed by atoms with Crippen molar-refractivity contribution in [1.82, 2.24) is 4.98 Å². The molecular weight excluding hydrogens is 294 g/mol. The summed E-state index contributed by atoms with van der Waals surface area (Å²) in [5, 5.41) is 0. The number of oxazole rings is 1. The Morgan fingerprint density at radius 2 is 2.14 bits per heavy atom. The van der Waals surface area contributed by atoms with E-state index < -0.39 is 6.61 Å². The van der Waals surface area contributed by atoms with E-state index in [1.54, 1.807) is 12.1 Å². The number of alkyl halides is 2. The van der Waals surface area contributed by atoms with Gasteiger partial charge in [0, 0.05) is 12.1 Å². The maximum absolute atomic E-state index is 12.5. The van der Waals surface area contributed by atoms with Gasteiger partial charge < -0.3 is 19.6 Å². The van der Waals surface area contributed by atoms with Gasteiger partial charge in [-0.3, -0.25) is 0 Å². The molecule has 2 aromatic rings. The number of hydrogen-bond acceptors (Lipinski definition) is 5. The fourth-order valence-corrected chi connectivity index (χ4v) is 1.97. The van der Waals surface area contributed by atoms with Gasteiger partial charge in [-0.2, -0.15) is 8.78 Å². The molecular formula is C15H16F2N2O3. The topological polar surface area (TPSA) is 70.5 Å². The highest BCUT2D eigenvalue weighted by atomic mass is 19.3. The lowest BCUT2D eigenvalue weighted by Gasteiger charge is -2.12. The molecule has 0 saturated heterocycles. The summed E-state index contributed by atoms with van der Waals surface area (Å²) in [4.78, 5) is 4.20. The van der Waals surface area contributed by atoms with Crippen LogP contribution in [-0.4, -0.2) is 18.2 Å². The van der Waals surface area contributed by atoms with E-state index in [-0.39, 0.29) is 18.0 Å². The lowest BCUT2D eigenvalue weighted by atomic mass is 10.2. The second-order valence-electron chi connectivity index (χ2n) is 5.14. The van der Waals surface area contributed by atoms with Gasteiger partial charge in [0.1, 0.15) is 6.26 Å². The Kier molecular flexibility index (Phi) is 4.24. The smallest absolute Gasteiger partial charge is 0.387 e. The van der Waals surface area contributed by atoms with Gasteiger partial charge in [0.2, 0.25) is 5.89 Å². The average molecular weight is 310 g/mol. The van der Waals surface area contributed by atoms with Crippen LogP contribution < -0.4 is 15.2 Å². The lowest BCUT2D eigenvalue weighted by molar-refractivity contribution is -0.0515. The molecule has 1 fully saturated rings. The van der Waals surface area contributed by atoms with Gasteiger partial charge in [0.15, 0.2) is 11.5 Å². The standard InChI is InChI=1S/C15H16F2N2O3/c16-15(17)22-12-4-3-10(14-19-11(6-18)8-21-14)5-13(12)20-7-9-1-2-9/h3-5,8-9,15H,1-2,6-7,18H2. The average Bonchev–Trinajstić information content (AvgIpc) is 3.20. The summed E-state index contributed by atoms with van der Waals surface area (Å²) in [7, 11) is 0. The minimum atomic E-state index is -2.90. The van der Waals surface area contributed by atoms with Crippen LogP contribution in [0.2, 0.25) is 0 Å². The van der Waals surface area contributed by atoms with Crippen molar-refractivity contribution in [1.29, 1.82) is 0 Å². The second kappa shape index (κ2) is 6.31. The van der Waals surface area contributed by atoms with E-state index in [4.69, 9.17) is 14.9 Å². The van der Waals surface area contributed by atoms with Crippen molar-refractivity contribution in [3.05, 3.63) is 30.2 Å². The van der Waals surface area contributed by atoms with Gasteiger partial charge >= 0.3 is 6.61 Å². The first-order chi connectivity index (χ1) is 10.7. The number of ether oxygens (including phenoxy) is 2. The Morgan fingerprint density at radius 1 is 1.32 bits per heavy atom. The molecule has 7 heteroatoms. The summed E-state index contributed by atoms with van der Waals surface area (Å²) < 4.78 is 40.3. The monoisotopic (exact) mass is 310 g/mol. The molecule has 1 aliphatic rings. The number of hydrogen-bond donors (Lipinski definition) is 1. The number of nitrogens with zero attached hydrogens (tertiary/aromatic N) is 1. The van der Waals surface area contributed by atoms with E-state index in [1.807, 2.05) is 0 Å². The molecule has 118 valence electrons. The van der Waals surface area contributed by atoms with Crippen molar-refractivity contribution in [2.45, 2.75) is 26.0 Å². The Balaban J connectivity index is 1.85. The predicted octanol–water partition coefficient (Wildman–Crippen LogP) is 3.19. The highest BCUT2D eigenvalue weighted by Crippen LogP contribution is 2.36. The minimum Gasteiger partial charge on any atom is -0.489 e. The Bertz CT molecular complexity index is 641. The van der Waals surface area contributed by atoms with Gasteiger partial charge in [0.25, 0.3) is 0 Å². The van der Waals surface area contributed by atoms with E-state index in [0.717, 1.165) is 12.8 Å². The molecule has 1 heterocycles. The van der Waals surface area contributed by atoms with Crippen molar-refractivity contribution in [2.75, 3.05) is 6.61 Å². The Hall–Kier alpha value is -2.15. The van der Waals surface area contributed by atoms with Crippen LogP contribution in [-0.2, 0) is 6.54 Å². The fourth-order valence-electron chi connectivity index (χ4n) is 1.97. The van der Waals surface area contributed by atoms with Crippen LogP contribution in [0.4, 0.5) is 8.78 Å². The van der Waals surface area contributed by atoms with Crippen molar-refractivity contribution >= 4 is 0 Å². The summed E-state index contributed by atoms with van der Waals surface area (Å²) in [6, 6.07) is 4.61. The van der Waals surface area contributed by atoms with Crippen LogP contribution >= 0.6 is 0 Å². The maximum Gasteiger partial charge on any atom is 0.387 e. The molecule has 0 spiro atoms. The second-order valence-corrected chi connectivity index (χ2v) is 5.14. The maximum atomic E-state index is 12.5. The van der Waals surface area contributed by atoms with Crippen molar-refractivity contribution in [2.24, 2.45) is 11.7 Å². The van der Waals surface area contributed by atoms with E-state index in [2.05, 4.69) is 9.72 Å². The van der Waals surface area contributed by atoms with E-state index in [0.29, 0.717) is 29.7 Å². The molecule has 22 heavy (non-hydrogen) atoms. The van der Waals surface area contributed by atoms with Crippen molar-refractivity contribution in [3.63, 3.8) is 0 Å². The van der Waals surface area contributed by atoms with Crippen LogP contribution in [0.15, 0.2) is 28.9 Å². The largest absolute Gasteiger partial charge is 0.489 e. The first kappa shape index (κ1) is 14.8. The van der Waals surface area contributed by atoms with Crippen molar-refractivity contribution < 1.29 is 22.7 Å². The molecule has 0 aliphatic heterocycles. The first-order valence-electron chi connectivity index (χ1n) is 7.02. The van der Waals surface area contributed by atoms with Crippen LogP contribution in [0.25, 0.3) is 11.5 Å². The molecule has 1 saturated carbocycles. The summed E-state index contributed by atoms with van der Waals surface area (Å²) in [5.41, 5.74) is 6.72. The summed E-state index contributed by atoms with van der Waals surface area (Å²) >= 11 is 0. The third-order valence-electron chi connectivity index (χ3n) is 3.34. The highest BCUT2D eigenvalue weighted by Gasteiger charge is 2.23. The summed E-state index contributed by atoms with van der Waals surface area (Å²) in [6.07, 6.45) is 3.66. The van der Waals surface area contributed by atoms with Crippen LogP contribution in [0.5, 0.6) is 11.5 Å². The van der Waals surface area contributed by atoms with Crippen LogP contribution in [0.1, 0.15) is 18.5 Å². The van der Waals surface area contributed by atoms with Gasteiger partial charge in [-0.15, -0.1) is 0 Å². The van der Waals surface area contributed by atoms with Crippen LogP contribution in [0.3, 0.4) is 0 Å². The third-order valence-corrected chi connectivity index (χ3v) is 3.34. The van der Waals surface area contributed by atoms with Gasteiger partial charge in [0.05, 0.1) is 12.3 Å². The van der Waals surface area contributed by atoms with Gasteiger partial charge in [-0.1, -0.05) is 0 Å². The molecule has 0 atom stereocenters. The SMILES string of the molecule is NCc1coc(-c2ccc(OC(F)F)c(OCC3CC3)c2)n1. The molecule has 5 nitrogen and oxygen atoms in total. The molecule has 0 radical (unpaired) electrons. The van der Waals surface area contributed by atoms with Gasteiger partial charge in [-0.25, -0.2) is 4.98 Å². The molecule has 3 rings (SSSR count). The number of aromatic nitrogens is 1.